The molecule has 1 N–H and O–H groups in total. The van der Waals surface area contributed by atoms with Crippen LogP contribution in [-0.4, -0.2) is 21.6 Å². The lowest BCUT2D eigenvalue weighted by atomic mass is 10.4. The fourth-order valence-corrected chi connectivity index (χ4v) is 1.55. The molecule has 0 aromatic carbocycles. The molecule has 66 valence electrons. The summed E-state index contributed by atoms with van der Waals surface area (Å²) in [6.45, 7) is 3.11. The van der Waals surface area contributed by atoms with Gasteiger partial charge in [-0.25, -0.2) is 0 Å². The number of hydrogen-bond acceptors (Lipinski definition) is 3. The maximum absolute atomic E-state index is 4.10. The van der Waals surface area contributed by atoms with Crippen molar-refractivity contribution >= 4 is 0 Å². The van der Waals surface area contributed by atoms with Crippen molar-refractivity contribution < 1.29 is 0 Å². The Morgan fingerprint density at radius 1 is 1.50 bits per heavy atom. The Morgan fingerprint density at radius 3 is 3.25 bits per heavy atom. The van der Waals surface area contributed by atoms with Crippen LogP contribution in [0.15, 0.2) is 0 Å². The van der Waals surface area contributed by atoms with Crippen molar-refractivity contribution in [1.29, 1.82) is 0 Å². The fourth-order valence-electron chi connectivity index (χ4n) is 1.55. The van der Waals surface area contributed by atoms with Gasteiger partial charge in [0.05, 0.1) is 11.4 Å². The molecule has 4 heteroatoms. The molecule has 12 heavy (non-hydrogen) atoms. The van der Waals surface area contributed by atoms with Gasteiger partial charge in [-0.1, -0.05) is 6.92 Å². The van der Waals surface area contributed by atoms with E-state index in [9.17, 15) is 0 Å². The van der Waals surface area contributed by atoms with Crippen molar-refractivity contribution in [3.63, 3.8) is 0 Å². The number of hydrogen-bond donors (Lipinski definition) is 1. The van der Waals surface area contributed by atoms with Crippen molar-refractivity contribution in [1.82, 2.24) is 15.1 Å². The fraction of sp³-hybridized carbons (Fsp3) is 0.750. The van der Waals surface area contributed by atoms with Gasteiger partial charge in [0.1, 0.15) is 0 Å². The average Bonchev–Trinajstić information content (AvgIpc) is 2.62. The molecule has 0 saturated carbocycles. The molecule has 1 aliphatic rings. The number of nitrogens with one attached hydrogen (secondary N) is 1. The Bertz CT molecular complexity index is 266. The van der Waals surface area contributed by atoms with Crippen LogP contribution in [0.5, 0.6) is 0 Å². The van der Waals surface area contributed by atoms with Gasteiger partial charge in [-0.15, -0.1) is 5.10 Å². The lowest BCUT2D eigenvalue weighted by Gasteiger charge is -2.05. The summed E-state index contributed by atoms with van der Waals surface area (Å²) < 4.78 is 0. The van der Waals surface area contributed by atoms with Gasteiger partial charge in [0, 0.05) is 6.54 Å². The topological polar surface area (TPSA) is 42.7 Å². The second kappa shape index (κ2) is 3.13. The van der Waals surface area contributed by atoms with E-state index in [-0.39, 0.29) is 0 Å². The molecule has 0 radical (unpaired) electrons. The van der Waals surface area contributed by atoms with E-state index in [1.54, 1.807) is 0 Å². The first-order valence-corrected chi connectivity index (χ1v) is 4.59. The SMILES string of the molecule is CCCNn1nnc2c1CCC2. The number of aromatic nitrogens is 3. The highest BCUT2D eigenvalue weighted by Crippen LogP contribution is 2.17. The zero-order valence-corrected chi connectivity index (χ0v) is 7.38. The highest BCUT2D eigenvalue weighted by Gasteiger charge is 2.17. The summed E-state index contributed by atoms with van der Waals surface area (Å²) >= 11 is 0. The zero-order valence-electron chi connectivity index (χ0n) is 7.38. The highest BCUT2D eigenvalue weighted by molar-refractivity contribution is 5.16. The van der Waals surface area contributed by atoms with E-state index in [1.807, 2.05) is 4.79 Å². The number of rotatable bonds is 3. The Labute approximate surface area is 71.9 Å². The number of aryl methyl sites for hydroxylation is 1. The zero-order chi connectivity index (χ0) is 8.39. The Balaban J connectivity index is 2.11. The van der Waals surface area contributed by atoms with Gasteiger partial charge in [-0.2, -0.15) is 4.79 Å². The molecule has 4 nitrogen and oxygen atoms in total. The molecular formula is C8H14N4. The van der Waals surface area contributed by atoms with Crippen LogP contribution in [0.1, 0.15) is 31.2 Å². The summed E-state index contributed by atoms with van der Waals surface area (Å²) in [6.07, 6.45) is 4.57. The van der Waals surface area contributed by atoms with Crippen LogP contribution in [0.3, 0.4) is 0 Å². The predicted molar refractivity (Wildman–Crippen MR) is 46.6 cm³/mol. The first-order valence-electron chi connectivity index (χ1n) is 4.59. The van der Waals surface area contributed by atoms with Gasteiger partial charge in [-0.3, -0.25) is 0 Å². The summed E-state index contributed by atoms with van der Waals surface area (Å²) in [7, 11) is 0. The monoisotopic (exact) mass is 166 g/mol. The summed E-state index contributed by atoms with van der Waals surface area (Å²) in [4.78, 5) is 1.84. The van der Waals surface area contributed by atoms with E-state index in [0.717, 1.165) is 25.8 Å². The molecule has 0 saturated heterocycles. The lowest BCUT2D eigenvalue weighted by molar-refractivity contribution is 0.643. The van der Waals surface area contributed by atoms with Crippen LogP contribution < -0.4 is 5.43 Å². The second-order valence-corrected chi connectivity index (χ2v) is 3.16. The Hall–Kier alpha value is -1.06. The third-order valence-electron chi connectivity index (χ3n) is 2.18. The molecular weight excluding hydrogens is 152 g/mol. The van der Waals surface area contributed by atoms with Crippen molar-refractivity contribution in [3.05, 3.63) is 11.4 Å². The third kappa shape index (κ3) is 1.17. The summed E-state index contributed by atoms with van der Waals surface area (Å²) in [6, 6.07) is 0. The smallest absolute Gasteiger partial charge is 0.0881 e. The average molecular weight is 166 g/mol. The minimum atomic E-state index is 0.968. The van der Waals surface area contributed by atoms with Crippen LogP contribution in [0.4, 0.5) is 0 Å². The molecule has 0 fully saturated rings. The first-order chi connectivity index (χ1) is 5.92. The van der Waals surface area contributed by atoms with Crippen LogP contribution in [0.2, 0.25) is 0 Å². The molecule has 1 aromatic heterocycles. The highest BCUT2D eigenvalue weighted by atomic mass is 15.6. The molecule has 0 unspecified atom stereocenters. The number of nitrogens with zero attached hydrogens (tertiary/aromatic N) is 3. The quantitative estimate of drug-likeness (QED) is 0.719. The molecule has 1 aromatic rings. The van der Waals surface area contributed by atoms with Gasteiger partial charge < -0.3 is 5.43 Å². The lowest BCUT2D eigenvalue weighted by Crippen LogP contribution is -2.19. The van der Waals surface area contributed by atoms with Crippen molar-refractivity contribution in [2.75, 3.05) is 12.0 Å². The molecule has 1 aliphatic carbocycles. The maximum Gasteiger partial charge on any atom is 0.0881 e. The predicted octanol–water partition coefficient (Wildman–Crippen LogP) is 0.720. The van der Waals surface area contributed by atoms with Gasteiger partial charge >= 0.3 is 0 Å². The van der Waals surface area contributed by atoms with E-state index < -0.39 is 0 Å². The second-order valence-electron chi connectivity index (χ2n) is 3.16. The van der Waals surface area contributed by atoms with Crippen LogP contribution >= 0.6 is 0 Å². The Kier molecular flexibility index (Phi) is 1.98. The van der Waals surface area contributed by atoms with E-state index in [2.05, 4.69) is 22.7 Å². The maximum atomic E-state index is 4.10. The van der Waals surface area contributed by atoms with E-state index >= 15 is 0 Å². The molecule has 0 atom stereocenters. The molecule has 0 spiro atoms. The van der Waals surface area contributed by atoms with Gasteiger partial charge in [0.15, 0.2) is 0 Å². The van der Waals surface area contributed by atoms with Crippen molar-refractivity contribution in [3.8, 4) is 0 Å². The van der Waals surface area contributed by atoms with Crippen LogP contribution in [-0.2, 0) is 12.8 Å². The van der Waals surface area contributed by atoms with E-state index in [4.69, 9.17) is 0 Å². The summed E-state index contributed by atoms with van der Waals surface area (Å²) in [5.41, 5.74) is 5.68. The summed E-state index contributed by atoms with van der Waals surface area (Å²) in [5, 5.41) is 8.13. The van der Waals surface area contributed by atoms with Crippen LogP contribution in [0.25, 0.3) is 0 Å². The molecule has 1 heterocycles. The minimum Gasteiger partial charge on any atom is -0.308 e. The Morgan fingerprint density at radius 2 is 2.42 bits per heavy atom. The molecule has 2 rings (SSSR count). The van der Waals surface area contributed by atoms with Gasteiger partial charge in [0.2, 0.25) is 0 Å². The molecule has 0 aliphatic heterocycles. The normalized spacial score (nSPS) is 14.8. The minimum absolute atomic E-state index is 0.968. The summed E-state index contributed by atoms with van der Waals surface area (Å²) in [5.74, 6) is 0. The number of fused-ring (bicyclic) bond motifs is 1. The van der Waals surface area contributed by atoms with E-state index in [0.29, 0.717) is 0 Å². The molecule has 0 bridgehead atoms. The van der Waals surface area contributed by atoms with Crippen molar-refractivity contribution in [2.45, 2.75) is 32.6 Å². The third-order valence-corrected chi connectivity index (χ3v) is 2.18. The van der Waals surface area contributed by atoms with Gasteiger partial charge in [-0.05, 0) is 30.9 Å². The molecule has 0 amide bonds. The van der Waals surface area contributed by atoms with Crippen LogP contribution in [0, 0.1) is 0 Å². The largest absolute Gasteiger partial charge is 0.308 e. The first kappa shape index (κ1) is 7.58. The standard InChI is InChI=1S/C8H14N4/c1-2-6-9-12-8-5-3-4-7(8)10-11-12/h9H,2-6H2,1H3. The van der Waals surface area contributed by atoms with E-state index in [1.165, 1.54) is 17.8 Å². The van der Waals surface area contributed by atoms with Crippen molar-refractivity contribution in [2.24, 2.45) is 0 Å². The van der Waals surface area contributed by atoms with Gasteiger partial charge in [0.25, 0.3) is 0 Å².